The number of nitrogens with one attached hydrogen (secondary N) is 1. The van der Waals surface area contributed by atoms with Crippen LogP contribution in [0.1, 0.15) is 44.4 Å². The van der Waals surface area contributed by atoms with Gasteiger partial charge in [0.25, 0.3) is 0 Å². The molecule has 2 unspecified atom stereocenters. The third-order valence-electron chi connectivity index (χ3n) is 4.51. The monoisotopic (exact) mass is 327 g/mol. The molecule has 0 bridgehead atoms. The molecule has 0 aliphatic carbocycles. The van der Waals surface area contributed by atoms with Gasteiger partial charge in [0.2, 0.25) is 0 Å². The van der Waals surface area contributed by atoms with Crippen molar-refractivity contribution in [2.45, 2.75) is 38.6 Å². The summed E-state index contributed by atoms with van der Waals surface area (Å²) in [6.45, 7) is 5.83. The predicted molar refractivity (Wildman–Crippen MR) is 94.7 cm³/mol. The van der Waals surface area contributed by atoms with Gasteiger partial charge in [0.15, 0.2) is 0 Å². The molecule has 0 fully saturated rings. The molecule has 1 N–H and O–H groups in total. The van der Waals surface area contributed by atoms with Crippen LogP contribution in [0.5, 0.6) is 5.75 Å². The Morgan fingerprint density at radius 1 is 1.12 bits per heavy atom. The molecule has 128 valence electrons. The van der Waals surface area contributed by atoms with Gasteiger partial charge in [-0.05, 0) is 43.5 Å². The predicted octanol–water partition coefficient (Wildman–Crippen LogP) is 4.17. The Morgan fingerprint density at radius 2 is 1.75 bits per heavy atom. The molecule has 0 amide bonds. The third-order valence-corrected chi connectivity index (χ3v) is 4.51. The Labute approximate surface area is 143 Å². The first-order valence-electron chi connectivity index (χ1n) is 8.17. The van der Waals surface area contributed by atoms with Crippen LogP contribution in [0.15, 0.2) is 54.6 Å². The minimum Gasteiger partial charge on any atom is -0.497 e. The van der Waals surface area contributed by atoms with Crippen molar-refractivity contribution in [3.63, 3.8) is 0 Å². The number of hydrogen-bond acceptors (Lipinski definition) is 4. The molecule has 0 saturated carbocycles. The summed E-state index contributed by atoms with van der Waals surface area (Å²) in [5.41, 5.74) is 4.11. The Bertz CT molecular complexity index is 654. The van der Waals surface area contributed by atoms with Crippen molar-refractivity contribution in [1.29, 1.82) is 0 Å². The number of hydroxylamine groups is 1. The van der Waals surface area contributed by atoms with E-state index in [2.05, 4.69) is 5.48 Å². The second kappa shape index (κ2) is 7.97. The van der Waals surface area contributed by atoms with Crippen LogP contribution in [0, 0.1) is 0 Å². The third kappa shape index (κ3) is 3.95. The molecule has 4 heteroatoms. The lowest BCUT2D eigenvalue weighted by Crippen LogP contribution is -2.38. The molecule has 0 aliphatic rings. The summed E-state index contributed by atoms with van der Waals surface area (Å²) >= 11 is 0. The first-order chi connectivity index (χ1) is 11.5. The van der Waals surface area contributed by atoms with Crippen molar-refractivity contribution in [2.24, 2.45) is 0 Å². The Morgan fingerprint density at radius 3 is 2.29 bits per heavy atom. The van der Waals surface area contributed by atoms with Crippen LogP contribution in [0.3, 0.4) is 0 Å². The van der Waals surface area contributed by atoms with Gasteiger partial charge in [-0.1, -0.05) is 49.4 Å². The fourth-order valence-electron chi connectivity index (χ4n) is 2.49. The number of carbonyl (C=O) groups is 1. The van der Waals surface area contributed by atoms with Gasteiger partial charge in [0.1, 0.15) is 5.75 Å². The highest BCUT2D eigenvalue weighted by Crippen LogP contribution is 2.30. The molecule has 4 nitrogen and oxygen atoms in total. The summed E-state index contributed by atoms with van der Waals surface area (Å²) in [7, 11) is 1.62. The quantitative estimate of drug-likeness (QED) is 0.775. The van der Waals surface area contributed by atoms with Gasteiger partial charge in [-0.3, -0.25) is 0 Å². The topological polar surface area (TPSA) is 47.6 Å². The maximum atomic E-state index is 12.7. The van der Waals surface area contributed by atoms with E-state index in [0.717, 1.165) is 16.9 Å². The number of ether oxygens (including phenoxy) is 1. The second-order valence-corrected chi connectivity index (χ2v) is 6.05. The van der Waals surface area contributed by atoms with Crippen molar-refractivity contribution in [2.75, 3.05) is 7.11 Å². The van der Waals surface area contributed by atoms with Gasteiger partial charge in [-0.15, -0.1) is 5.48 Å². The molecule has 0 heterocycles. The summed E-state index contributed by atoms with van der Waals surface area (Å²) in [5.74, 6) is 0.472. The van der Waals surface area contributed by atoms with Crippen molar-refractivity contribution in [1.82, 2.24) is 5.48 Å². The molecule has 0 spiro atoms. The number of hydrogen-bond donors (Lipinski definition) is 1. The van der Waals surface area contributed by atoms with Crippen LogP contribution in [0.2, 0.25) is 0 Å². The average Bonchev–Trinajstić information content (AvgIpc) is 2.65. The highest BCUT2D eigenvalue weighted by molar-refractivity contribution is 5.82. The van der Waals surface area contributed by atoms with E-state index in [0.29, 0.717) is 6.42 Å². The normalized spacial score (nSPS) is 14.5. The van der Waals surface area contributed by atoms with E-state index < -0.39 is 5.41 Å². The first kappa shape index (κ1) is 18.0. The summed E-state index contributed by atoms with van der Waals surface area (Å²) in [6, 6.07) is 17.3. The van der Waals surface area contributed by atoms with E-state index in [1.165, 1.54) is 0 Å². The maximum absolute atomic E-state index is 12.7. The molecule has 24 heavy (non-hydrogen) atoms. The van der Waals surface area contributed by atoms with E-state index in [9.17, 15) is 4.79 Å². The van der Waals surface area contributed by atoms with Crippen molar-refractivity contribution >= 4 is 5.97 Å². The van der Waals surface area contributed by atoms with Gasteiger partial charge in [0.05, 0.1) is 18.6 Å². The SMILES string of the molecule is CCC(C)(C(=O)ONC(C)c1ccccc1)c1ccc(OC)cc1. The number of carbonyl (C=O) groups excluding carboxylic acids is 1. The second-order valence-electron chi connectivity index (χ2n) is 6.05. The number of methoxy groups -OCH3 is 1. The molecule has 0 aromatic heterocycles. The fraction of sp³-hybridized carbons (Fsp3) is 0.350. The van der Waals surface area contributed by atoms with Crippen LogP contribution in [0.25, 0.3) is 0 Å². The van der Waals surface area contributed by atoms with Crippen LogP contribution >= 0.6 is 0 Å². The van der Waals surface area contributed by atoms with Crippen LogP contribution < -0.4 is 10.2 Å². The molecular weight excluding hydrogens is 302 g/mol. The van der Waals surface area contributed by atoms with E-state index in [1.54, 1.807) is 7.11 Å². The van der Waals surface area contributed by atoms with Gasteiger partial charge in [-0.2, -0.15) is 0 Å². The molecule has 2 atom stereocenters. The zero-order chi connectivity index (χ0) is 17.6. The van der Waals surface area contributed by atoms with E-state index in [1.807, 2.05) is 75.4 Å². The van der Waals surface area contributed by atoms with E-state index in [-0.39, 0.29) is 12.0 Å². The zero-order valence-corrected chi connectivity index (χ0v) is 14.7. The summed E-state index contributed by atoms with van der Waals surface area (Å²) in [4.78, 5) is 18.1. The molecular formula is C20H25NO3. The van der Waals surface area contributed by atoms with Crippen LogP contribution in [-0.2, 0) is 15.0 Å². The van der Waals surface area contributed by atoms with Gasteiger partial charge in [0, 0.05) is 0 Å². The maximum Gasteiger partial charge on any atom is 0.334 e. The molecule has 0 saturated heterocycles. The van der Waals surface area contributed by atoms with Crippen LogP contribution in [0.4, 0.5) is 0 Å². The highest BCUT2D eigenvalue weighted by Gasteiger charge is 2.35. The highest BCUT2D eigenvalue weighted by atomic mass is 16.7. The van der Waals surface area contributed by atoms with Crippen molar-refractivity contribution in [3.05, 3.63) is 65.7 Å². The van der Waals surface area contributed by atoms with E-state index >= 15 is 0 Å². The zero-order valence-electron chi connectivity index (χ0n) is 14.7. The number of benzene rings is 2. The van der Waals surface area contributed by atoms with Crippen molar-refractivity contribution < 1.29 is 14.4 Å². The number of rotatable bonds is 7. The fourth-order valence-corrected chi connectivity index (χ4v) is 2.49. The largest absolute Gasteiger partial charge is 0.497 e. The molecule has 2 aromatic rings. The summed E-state index contributed by atoms with van der Waals surface area (Å²) in [5, 5.41) is 0. The average molecular weight is 327 g/mol. The summed E-state index contributed by atoms with van der Waals surface area (Å²) in [6.07, 6.45) is 0.638. The lowest BCUT2D eigenvalue weighted by Gasteiger charge is -2.27. The Kier molecular flexibility index (Phi) is 5.99. The molecule has 2 aromatic carbocycles. The smallest absolute Gasteiger partial charge is 0.334 e. The lowest BCUT2D eigenvalue weighted by molar-refractivity contribution is -0.159. The van der Waals surface area contributed by atoms with Crippen LogP contribution in [-0.4, -0.2) is 13.1 Å². The Balaban J connectivity index is 2.07. The summed E-state index contributed by atoms with van der Waals surface area (Å²) < 4.78 is 5.18. The van der Waals surface area contributed by atoms with Gasteiger partial charge >= 0.3 is 5.97 Å². The lowest BCUT2D eigenvalue weighted by atomic mass is 9.80. The minimum atomic E-state index is -0.713. The van der Waals surface area contributed by atoms with Gasteiger partial charge in [-0.25, -0.2) is 4.79 Å². The van der Waals surface area contributed by atoms with Gasteiger partial charge < -0.3 is 9.57 Å². The molecule has 0 radical (unpaired) electrons. The molecule has 0 aliphatic heterocycles. The molecule has 2 rings (SSSR count). The first-order valence-corrected chi connectivity index (χ1v) is 8.17. The Hall–Kier alpha value is -2.33. The van der Waals surface area contributed by atoms with Crippen molar-refractivity contribution in [3.8, 4) is 5.75 Å². The minimum absolute atomic E-state index is 0.0767. The standard InChI is InChI=1S/C20H25NO3/c1-5-20(3,17-11-13-18(23-4)14-12-17)19(22)24-21-15(2)16-9-7-6-8-10-16/h6-15,21H,5H2,1-4H3. The van der Waals surface area contributed by atoms with E-state index in [4.69, 9.17) is 9.57 Å².